The van der Waals surface area contributed by atoms with Crippen molar-refractivity contribution in [2.45, 2.75) is 6.92 Å². The Labute approximate surface area is 171 Å². The van der Waals surface area contributed by atoms with E-state index in [1.807, 2.05) is 55.5 Å². The predicted octanol–water partition coefficient (Wildman–Crippen LogP) is 4.72. The summed E-state index contributed by atoms with van der Waals surface area (Å²) in [5.41, 5.74) is 6.24. The molecule has 7 heteroatoms. The van der Waals surface area contributed by atoms with Gasteiger partial charge in [0.05, 0.1) is 22.1 Å². The number of fused-ring (bicyclic) bond motifs is 1. The zero-order valence-electron chi connectivity index (χ0n) is 15.6. The number of amidine groups is 1. The van der Waals surface area contributed by atoms with Gasteiger partial charge < -0.3 is 10.2 Å². The van der Waals surface area contributed by atoms with Crippen molar-refractivity contribution < 1.29 is 10.2 Å². The first-order valence-corrected chi connectivity index (χ1v) is 9.72. The van der Waals surface area contributed by atoms with E-state index in [4.69, 9.17) is 0 Å². The molecule has 0 aliphatic carbocycles. The van der Waals surface area contributed by atoms with Gasteiger partial charge in [0, 0.05) is 11.6 Å². The molecule has 1 aromatic heterocycles. The molecule has 0 radical (unpaired) electrons. The Kier molecular flexibility index (Phi) is 5.22. The molecular formula is C22H18N4O2S. The number of hydrogen-bond donors (Lipinski definition) is 3. The molecule has 0 aliphatic rings. The summed E-state index contributed by atoms with van der Waals surface area (Å²) in [4.78, 5) is 9.32. The fraction of sp³-hybridized carbons (Fsp3) is 0.0455. The summed E-state index contributed by atoms with van der Waals surface area (Å²) in [5.74, 6) is 0.431. The van der Waals surface area contributed by atoms with Gasteiger partial charge in [0.2, 0.25) is 0 Å². The fourth-order valence-corrected chi connectivity index (χ4v) is 3.55. The number of aromatic hydroxyl groups is 2. The Morgan fingerprint density at radius 3 is 2.59 bits per heavy atom. The van der Waals surface area contributed by atoms with Crippen LogP contribution in [-0.4, -0.2) is 27.2 Å². The first kappa shape index (κ1) is 18.6. The molecule has 4 rings (SSSR count). The van der Waals surface area contributed by atoms with Crippen LogP contribution >= 0.6 is 11.3 Å². The fourth-order valence-electron chi connectivity index (χ4n) is 2.65. The number of aliphatic imine (C=N–C) groups is 1. The summed E-state index contributed by atoms with van der Waals surface area (Å²) in [6.45, 7) is 2.02. The minimum atomic E-state index is -0.0624. The van der Waals surface area contributed by atoms with E-state index >= 15 is 0 Å². The minimum Gasteiger partial charge on any atom is -0.508 e. The van der Waals surface area contributed by atoms with Crippen LogP contribution in [0.2, 0.25) is 0 Å². The number of nitrogens with one attached hydrogen (secondary N) is 1. The molecule has 4 aromatic rings. The third-order valence-electron chi connectivity index (χ3n) is 4.16. The summed E-state index contributed by atoms with van der Waals surface area (Å²) in [7, 11) is 0. The third kappa shape index (κ3) is 4.41. The smallest absolute Gasteiger partial charge is 0.183 e. The SMILES string of the molecule is Cc1ccc(N=C(NN=Cc2ccc(O)cc2O)c2nc3ccccc3s2)cc1. The number of phenolic OH excluding ortho intramolecular Hbond substituents is 2. The van der Waals surface area contributed by atoms with Crippen molar-refractivity contribution in [3.8, 4) is 11.5 Å². The van der Waals surface area contributed by atoms with Crippen LogP contribution in [0.4, 0.5) is 5.69 Å². The largest absolute Gasteiger partial charge is 0.508 e. The molecule has 3 N–H and O–H groups in total. The molecule has 29 heavy (non-hydrogen) atoms. The number of para-hydroxylation sites is 1. The molecule has 0 spiro atoms. The van der Waals surface area contributed by atoms with Crippen LogP contribution in [0.25, 0.3) is 10.2 Å². The quantitative estimate of drug-likeness (QED) is 0.262. The Morgan fingerprint density at radius 2 is 1.83 bits per heavy atom. The van der Waals surface area contributed by atoms with E-state index in [9.17, 15) is 10.2 Å². The Balaban J connectivity index is 1.67. The number of hydrazone groups is 1. The number of aryl methyl sites for hydroxylation is 1. The van der Waals surface area contributed by atoms with E-state index in [1.165, 1.54) is 29.7 Å². The van der Waals surface area contributed by atoms with E-state index in [2.05, 4.69) is 20.5 Å². The number of aromatic nitrogens is 1. The molecule has 0 amide bonds. The zero-order valence-corrected chi connectivity index (χ0v) is 16.4. The van der Waals surface area contributed by atoms with Gasteiger partial charge in [0.1, 0.15) is 11.5 Å². The molecule has 0 unspecified atom stereocenters. The van der Waals surface area contributed by atoms with E-state index in [-0.39, 0.29) is 11.5 Å². The van der Waals surface area contributed by atoms with Crippen LogP contribution in [-0.2, 0) is 0 Å². The lowest BCUT2D eigenvalue weighted by molar-refractivity contribution is 0.450. The van der Waals surface area contributed by atoms with Crippen molar-refractivity contribution in [2.75, 3.05) is 0 Å². The number of phenols is 2. The monoisotopic (exact) mass is 402 g/mol. The third-order valence-corrected chi connectivity index (χ3v) is 5.20. The number of thiazole rings is 1. The number of hydrogen-bond acceptors (Lipinski definition) is 6. The average molecular weight is 402 g/mol. The highest BCUT2D eigenvalue weighted by molar-refractivity contribution is 7.20. The Bertz CT molecular complexity index is 1180. The van der Waals surface area contributed by atoms with Gasteiger partial charge >= 0.3 is 0 Å². The molecule has 0 saturated heterocycles. The van der Waals surface area contributed by atoms with Crippen molar-refractivity contribution in [3.05, 3.63) is 82.9 Å². The van der Waals surface area contributed by atoms with Gasteiger partial charge in [0.25, 0.3) is 0 Å². The summed E-state index contributed by atoms with van der Waals surface area (Å²) in [6.07, 6.45) is 1.47. The van der Waals surface area contributed by atoms with E-state index in [0.717, 1.165) is 21.5 Å². The predicted molar refractivity (Wildman–Crippen MR) is 117 cm³/mol. The Morgan fingerprint density at radius 1 is 1.03 bits per heavy atom. The van der Waals surface area contributed by atoms with Gasteiger partial charge in [0.15, 0.2) is 10.8 Å². The van der Waals surface area contributed by atoms with Gasteiger partial charge in [-0.05, 0) is 43.3 Å². The number of rotatable bonds is 4. The van der Waals surface area contributed by atoms with Crippen LogP contribution in [0.3, 0.4) is 0 Å². The number of nitrogens with zero attached hydrogens (tertiary/aromatic N) is 3. The molecule has 3 aromatic carbocycles. The van der Waals surface area contributed by atoms with Gasteiger partial charge in [-0.3, -0.25) is 5.43 Å². The van der Waals surface area contributed by atoms with Crippen LogP contribution in [0.15, 0.2) is 76.8 Å². The molecule has 1 heterocycles. The second-order valence-corrected chi connectivity index (χ2v) is 7.43. The van der Waals surface area contributed by atoms with E-state index in [1.54, 1.807) is 6.07 Å². The highest BCUT2D eigenvalue weighted by Crippen LogP contribution is 2.24. The maximum Gasteiger partial charge on any atom is 0.183 e. The van der Waals surface area contributed by atoms with Crippen LogP contribution in [0.1, 0.15) is 16.1 Å². The maximum absolute atomic E-state index is 9.91. The summed E-state index contributed by atoms with van der Waals surface area (Å²) < 4.78 is 1.06. The maximum atomic E-state index is 9.91. The van der Waals surface area contributed by atoms with Crippen LogP contribution in [0.5, 0.6) is 11.5 Å². The molecule has 0 saturated carbocycles. The van der Waals surface area contributed by atoms with Crippen molar-refractivity contribution in [1.82, 2.24) is 10.4 Å². The van der Waals surface area contributed by atoms with E-state index < -0.39 is 0 Å². The molecule has 0 bridgehead atoms. The highest BCUT2D eigenvalue weighted by atomic mass is 32.1. The molecule has 0 aliphatic heterocycles. The van der Waals surface area contributed by atoms with Crippen LogP contribution in [0, 0.1) is 6.92 Å². The van der Waals surface area contributed by atoms with E-state index in [0.29, 0.717) is 16.4 Å². The normalized spacial score (nSPS) is 12.0. The van der Waals surface area contributed by atoms with Crippen molar-refractivity contribution in [1.29, 1.82) is 0 Å². The van der Waals surface area contributed by atoms with Crippen molar-refractivity contribution in [3.63, 3.8) is 0 Å². The second-order valence-electron chi connectivity index (χ2n) is 6.40. The summed E-state index contributed by atoms with van der Waals surface area (Å²) >= 11 is 1.52. The first-order chi connectivity index (χ1) is 14.1. The molecular weight excluding hydrogens is 384 g/mol. The summed E-state index contributed by atoms with van der Waals surface area (Å²) in [6, 6.07) is 20.0. The molecule has 144 valence electrons. The lowest BCUT2D eigenvalue weighted by Gasteiger charge is -2.04. The van der Waals surface area contributed by atoms with Gasteiger partial charge in [-0.2, -0.15) is 5.10 Å². The topological polar surface area (TPSA) is 90.1 Å². The first-order valence-electron chi connectivity index (χ1n) is 8.91. The average Bonchev–Trinajstić information content (AvgIpc) is 3.14. The minimum absolute atomic E-state index is 0.0105. The van der Waals surface area contributed by atoms with Crippen molar-refractivity contribution >= 4 is 39.3 Å². The zero-order chi connectivity index (χ0) is 20.2. The second kappa shape index (κ2) is 8.12. The van der Waals surface area contributed by atoms with Gasteiger partial charge in [-0.15, -0.1) is 11.3 Å². The highest BCUT2D eigenvalue weighted by Gasteiger charge is 2.10. The van der Waals surface area contributed by atoms with Gasteiger partial charge in [-0.25, -0.2) is 9.98 Å². The molecule has 0 atom stereocenters. The summed E-state index contributed by atoms with van der Waals surface area (Å²) in [5, 5.41) is 24.2. The van der Waals surface area contributed by atoms with Crippen molar-refractivity contribution in [2.24, 2.45) is 10.1 Å². The molecule has 6 nitrogen and oxygen atoms in total. The standard InChI is InChI=1S/C22H18N4O2S/c1-14-6-9-16(10-7-14)24-21(22-25-18-4-2-3-5-20(18)29-22)26-23-13-15-8-11-17(27)12-19(15)28/h2-13,27-28H,1H3,(H,24,26). The Hall–Kier alpha value is -3.71. The van der Waals surface area contributed by atoms with Gasteiger partial charge in [-0.1, -0.05) is 29.8 Å². The number of benzene rings is 3. The van der Waals surface area contributed by atoms with Crippen LogP contribution < -0.4 is 5.43 Å². The molecule has 0 fully saturated rings. The lowest BCUT2D eigenvalue weighted by Crippen LogP contribution is -2.18. The lowest BCUT2D eigenvalue weighted by atomic mass is 10.2.